The number of nitrogen functional groups attached to an aromatic ring is 1. The molecule has 2 saturated heterocycles. The van der Waals surface area contributed by atoms with Crippen LogP contribution in [0.4, 0.5) is 17.2 Å². The fraction of sp³-hybridized carbons (Fsp3) is 0.583. The van der Waals surface area contributed by atoms with Crippen molar-refractivity contribution in [3.63, 3.8) is 0 Å². The van der Waals surface area contributed by atoms with E-state index in [-0.39, 0.29) is 0 Å². The summed E-state index contributed by atoms with van der Waals surface area (Å²) in [5, 5.41) is 19.3. The van der Waals surface area contributed by atoms with Crippen molar-refractivity contribution in [1.29, 1.82) is 5.41 Å². The standard InChI is InChI=1S/C24H37N7O2/c1-30-20(17-27-18-5-11-32-12-6-18)15-24(29-30)28-19-13-22(26)21(16-25)23(14-19)33-10-4-9-31-7-2-3-8-31/h13-16,18,25,27H,2-12,17,26H2,1H3,(H,28,29). The van der Waals surface area contributed by atoms with Crippen molar-refractivity contribution >= 4 is 23.4 Å². The minimum atomic E-state index is 0.490. The highest BCUT2D eigenvalue weighted by molar-refractivity contribution is 5.90. The van der Waals surface area contributed by atoms with Gasteiger partial charge in [-0.1, -0.05) is 0 Å². The summed E-state index contributed by atoms with van der Waals surface area (Å²) in [5.41, 5.74) is 9.26. The monoisotopic (exact) mass is 455 g/mol. The number of anilines is 3. The first-order valence-electron chi connectivity index (χ1n) is 12.0. The summed E-state index contributed by atoms with van der Waals surface area (Å²) in [6, 6.07) is 6.26. The van der Waals surface area contributed by atoms with Crippen molar-refractivity contribution in [2.45, 2.75) is 44.7 Å². The molecule has 180 valence electrons. The summed E-state index contributed by atoms with van der Waals surface area (Å²) < 4.78 is 13.4. The number of nitrogens with one attached hydrogen (secondary N) is 3. The average Bonchev–Trinajstić information content (AvgIpc) is 3.45. The molecule has 4 rings (SSSR count). The first kappa shape index (κ1) is 23.5. The zero-order valence-electron chi connectivity index (χ0n) is 19.6. The minimum absolute atomic E-state index is 0.490. The lowest BCUT2D eigenvalue weighted by Crippen LogP contribution is -2.34. The molecule has 0 radical (unpaired) electrons. The Kier molecular flexibility index (Phi) is 8.20. The van der Waals surface area contributed by atoms with Gasteiger partial charge in [-0.05, 0) is 51.3 Å². The molecule has 9 nitrogen and oxygen atoms in total. The van der Waals surface area contributed by atoms with Crippen molar-refractivity contribution in [2.24, 2.45) is 7.05 Å². The van der Waals surface area contributed by atoms with Crippen LogP contribution in [0.5, 0.6) is 5.75 Å². The van der Waals surface area contributed by atoms with Crippen molar-refractivity contribution in [1.82, 2.24) is 20.0 Å². The Morgan fingerprint density at radius 2 is 2.03 bits per heavy atom. The van der Waals surface area contributed by atoms with Gasteiger partial charge in [0.2, 0.25) is 0 Å². The summed E-state index contributed by atoms with van der Waals surface area (Å²) in [4.78, 5) is 2.47. The predicted molar refractivity (Wildman–Crippen MR) is 132 cm³/mol. The quantitative estimate of drug-likeness (QED) is 0.234. The fourth-order valence-corrected chi connectivity index (χ4v) is 4.50. The van der Waals surface area contributed by atoms with Crippen LogP contribution in [0, 0.1) is 5.41 Å². The van der Waals surface area contributed by atoms with Gasteiger partial charge in [0.1, 0.15) is 5.75 Å². The van der Waals surface area contributed by atoms with E-state index in [1.54, 1.807) is 0 Å². The second kappa shape index (κ2) is 11.5. The SMILES string of the molecule is Cn1nc(Nc2cc(N)c(C=N)c(OCCCN3CCCC3)c2)cc1CNC1CCOCC1. The minimum Gasteiger partial charge on any atom is -0.493 e. The highest BCUT2D eigenvalue weighted by Crippen LogP contribution is 2.30. The Bertz CT molecular complexity index is 918. The second-order valence-corrected chi connectivity index (χ2v) is 8.91. The molecule has 0 amide bonds. The molecule has 0 atom stereocenters. The van der Waals surface area contributed by atoms with Crippen LogP contribution >= 0.6 is 0 Å². The summed E-state index contributed by atoms with van der Waals surface area (Å²) in [6.45, 7) is 6.44. The first-order valence-corrected chi connectivity index (χ1v) is 12.0. The van der Waals surface area contributed by atoms with Crippen LogP contribution in [0.2, 0.25) is 0 Å². The summed E-state index contributed by atoms with van der Waals surface area (Å²) in [6.07, 6.45) is 6.90. The predicted octanol–water partition coefficient (Wildman–Crippen LogP) is 2.88. The van der Waals surface area contributed by atoms with Crippen molar-refractivity contribution in [3.8, 4) is 5.75 Å². The van der Waals surface area contributed by atoms with Crippen molar-refractivity contribution < 1.29 is 9.47 Å². The van der Waals surface area contributed by atoms with Gasteiger partial charge < -0.3 is 36.2 Å². The summed E-state index contributed by atoms with van der Waals surface area (Å²) >= 11 is 0. The van der Waals surface area contributed by atoms with E-state index in [9.17, 15) is 0 Å². The molecule has 0 bridgehead atoms. The number of aromatic nitrogens is 2. The number of ether oxygens (including phenoxy) is 2. The summed E-state index contributed by atoms with van der Waals surface area (Å²) in [7, 11) is 1.95. The Labute approximate surface area is 196 Å². The number of likely N-dealkylation sites (tertiary alicyclic amines) is 1. The molecule has 2 fully saturated rings. The van der Waals surface area contributed by atoms with Gasteiger partial charge in [0.25, 0.3) is 0 Å². The maximum atomic E-state index is 7.75. The molecule has 33 heavy (non-hydrogen) atoms. The van der Waals surface area contributed by atoms with Crippen molar-refractivity contribution in [2.75, 3.05) is 50.5 Å². The molecule has 0 spiro atoms. The molecule has 0 unspecified atom stereocenters. The molecule has 0 saturated carbocycles. The lowest BCUT2D eigenvalue weighted by atomic mass is 10.1. The third kappa shape index (κ3) is 6.46. The number of hydrogen-bond donors (Lipinski definition) is 4. The van der Waals surface area contributed by atoms with Gasteiger partial charge in [-0.15, -0.1) is 0 Å². The molecule has 9 heteroatoms. The van der Waals surface area contributed by atoms with Gasteiger partial charge in [0, 0.05) is 69.1 Å². The topological polar surface area (TPSA) is 113 Å². The molecule has 2 aromatic rings. The highest BCUT2D eigenvalue weighted by Gasteiger charge is 2.15. The van der Waals surface area contributed by atoms with E-state index in [2.05, 4.69) is 20.6 Å². The Balaban J connectivity index is 1.36. The Hall–Kier alpha value is -2.62. The van der Waals surface area contributed by atoms with Crippen LogP contribution < -0.4 is 21.1 Å². The summed E-state index contributed by atoms with van der Waals surface area (Å²) in [5.74, 6) is 1.38. The zero-order chi connectivity index (χ0) is 23.0. The van der Waals surface area contributed by atoms with E-state index < -0.39 is 0 Å². The lowest BCUT2D eigenvalue weighted by Gasteiger charge is -2.23. The largest absolute Gasteiger partial charge is 0.493 e. The van der Waals surface area contributed by atoms with Crippen LogP contribution in [-0.2, 0) is 18.3 Å². The van der Waals surface area contributed by atoms with E-state index in [0.717, 1.165) is 62.8 Å². The lowest BCUT2D eigenvalue weighted by molar-refractivity contribution is 0.0774. The number of nitrogens with zero attached hydrogens (tertiary/aromatic N) is 3. The molecule has 5 N–H and O–H groups in total. The van der Waals surface area contributed by atoms with Gasteiger partial charge in [0.15, 0.2) is 5.82 Å². The molecular weight excluding hydrogens is 418 g/mol. The average molecular weight is 456 g/mol. The van der Waals surface area contributed by atoms with E-state index in [1.165, 1.54) is 32.1 Å². The number of aryl methyl sites for hydroxylation is 1. The number of hydrogen-bond acceptors (Lipinski definition) is 8. The molecule has 2 aliphatic rings. The van der Waals surface area contributed by atoms with Gasteiger partial charge in [-0.3, -0.25) is 4.68 Å². The molecule has 1 aromatic heterocycles. The van der Waals surface area contributed by atoms with Crippen molar-refractivity contribution in [3.05, 3.63) is 29.5 Å². The zero-order valence-corrected chi connectivity index (χ0v) is 19.6. The normalized spacial score (nSPS) is 17.4. The van der Waals surface area contributed by atoms with Crippen LogP contribution in [0.15, 0.2) is 18.2 Å². The number of benzene rings is 1. The van der Waals surface area contributed by atoms with Crippen LogP contribution in [0.1, 0.15) is 43.4 Å². The molecule has 2 aliphatic heterocycles. The third-order valence-corrected chi connectivity index (χ3v) is 6.44. The molecule has 3 heterocycles. The number of nitrogens with two attached hydrogens (primary N) is 1. The first-order chi connectivity index (χ1) is 16.1. The smallest absolute Gasteiger partial charge is 0.152 e. The molecular formula is C24H37N7O2. The van der Waals surface area contributed by atoms with Gasteiger partial charge in [0.05, 0.1) is 17.9 Å². The highest BCUT2D eigenvalue weighted by atomic mass is 16.5. The van der Waals surface area contributed by atoms with Crippen LogP contribution in [0.25, 0.3) is 0 Å². The van der Waals surface area contributed by atoms with E-state index in [4.69, 9.17) is 20.6 Å². The van der Waals surface area contributed by atoms with Crippen LogP contribution in [-0.4, -0.2) is 66.4 Å². The van der Waals surface area contributed by atoms with Crippen LogP contribution in [0.3, 0.4) is 0 Å². The fourth-order valence-electron chi connectivity index (χ4n) is 4.50. The maximum absolute atomic E-state index is 7.75. The molecule has 0 aliphatic carbocycles. The Morgan fingerprint density at radius 1 is 1.24 bits per heavy atom. The van der Waals surface area contributed by atoms with E-state index in [1.807, 2.05) is 29.9 Å². The van der Waals surface area contributed by atoms with Gasteiger partial charge >= 0.3 is 0 Å². The number of rotatable bonds is 11. The second-order valence-electron chi connectivity index (χ2n) is 8.91. The molecule has 1 aromatic carbocycles. The maximum Gasteiger partial charge on any atom is 0.152 e. The Morgan fingerprint density at radius 3 is 2.79 bits per heavy atom. The van der Waals surface area contributed by atoms with E-state index >= 15 is 0 Å². The third-order valence-electron chi connectivity index (χ3n) is 6.44. The van der Waals surface area contributed by atoms with Gasteiger partial charge in [-0.2, -0.15) is 5.10 Å². The van der Waals surface area contributed by atoms with E-state index in [0.29, 0.717) is 29.6 Å². The van der Waals surface area contributed by atoms with Gasteiger partial charge in [-0.25, -0.2) is 0 Å².